The highest BCUT2D eigenvalue weighted by Crippen LogP contribution is 2.14. The van der Waals surface area contributed by atoms with Crippen LogP contribution in [0.2, 0.25) is 0 Å². The second-order valence-corrected chi connectivity index (χ2v) is 3.68. The summed E-state index contributed by atoms with van der Waals surface area (Å²) in [4.78, 5) is 9.53. The highest BCUT2D eigenvalue weighted by molar-refractivity contribution is 5.37. The molecule has 0 spiro atoms. The van der Waals surface area contributed by atoms with Gasteiger partial charge >= 0.3 is 0 Å². The highest BCUT2D eigenvalue weighted by atomic mass is 19.1. The molecule has 0 aromatic carbocycles. The van der Waals surface area contributed by atoms with Gasteiger partial charge in [0.15, 0.2) is 0 Å². The van der Waals surface area contributed by atoms with Crippen LogP contribution in [0.15, 0.2) is 12.4 Å². The fourth-order valence-corrected chi connectivity index (χ4v) is 1.70. The van der Waals surface area contributed by atoms with E-state index in [1.165, 1.54) is 12.4 Å². The number of hydrogen-bond donors (Lipinski definition) is 0. The summed E-state index contributed by atoms with van der Waals surface area (Å²) >= 11 is 0. The number of aromatic nitrogens is 2. The van der Waals surface area contributed by atoms with Crippen LogP contribution in [0, 0.1) is 5.95 Å². The van der Waals surface area contributed by atoms with Gasteiger partial charge in [-0.15, -0.1) is 0 Å². The Bertz CT molecular complexity index is 334. The van der Waals surface area contributed by atoms with Crippen LogP contribution in [0.1, 0.15) is 13.3 Å². The van der Waals surface area contributed by atoms with Crippen molar-refractivity contribution >= 4 is 5.82 Å². The molecule has 82 valence electrons. The zero-order valence-electron chi connectivity index (χ0n) is 8.69. The molecule has 1 atom stereocenters. The molecule has 1 unspecified atom stereocenters. The molecule has 1 aliphatic heterocycles. The Morgan fingerprint density at radius 3 is 3.20 bits per heavy atom. The van der Waals surface area contributed by atoms with Gasteiger partial charge in [0.2, 0.25) is 5.95 Å². The molecular formula is C10H14FN3O. The van der Waals surface area contributed by atoms with Gasteiger partial charge in [-0.25, -0.2) is 9.97 Å². The Morgan fingerprint density at radius 2 is 2.40 bits per heavy atom. The number of nitrogens with zero attached hydrogens (tertiary/aromatic N) is 3. The molecule has 1 aromatic heterocycles. The van der Waals surface area contributed by atoms with Gasteiger partial charge in [-0.1, -0.05) is 0 Å². The third kappa shape index (κ3) is 2.62. The van der Waals surface area contributed by atoms with Crippen molar-refractivity contribution in [3.63, 3.8) is 0 Å². The van der Waals surface area contributed by atoms with Gasteiger partial charge in [-0.2, -0.15) is 4.39 Å². The Hall–Kier alpha value is -1.23. The Morgan fingerprint density at radius 1 is 1.53 bits per heavy atom. The summed E-state index contributed by atoms with van der Waals surface area (Å²) in [7, 11) is 0. The molecule has 4 nitrogen and oxygen atoms in total. The molecule has 0 saturated carbocycles. The topological polar surface area (TPSA) is 38.2 Å². The van der Waals surface area contributed by atoms with Crippen LogP contribution in [0.4, 0.5) is 10.2 Å². The Kier molecular flexibility index (Phi) is 3.11. The first-order chi connectivity index (χ1) is 7.25. The lowest BCUT2D eigenvalue weighted by Gasteiger charge is -2.22. The molecular weight excluding hydrogens is 197 g/mol. The van der Waals surface area contributed by atoms with Crippen LogP contribution >= 0.6 is 0 Å². The maximum Gasteiger partial charge on any atom is 0.218 e. The predicted molar refractivity (Wildman–Crippen MR) is 54.2 cm³/mol. The lowest BCUT2D eigenvalue weighted by atomic mass is 10.3. The van der Waals surface area contributed by atoms with E-state index in [2.05, 4.69) is 9.97 Å². The van der Waals surface area contributed by atoms with Crippen molar-refractivity contribution in [2.24, 2.45) is 0 Å². The van der Waals surface area contributed by atoms with Crippen molar-refractivity contribution in [2.45, 2.75) is 19.4 Å². The van der Waals surface area contributed by atoms with Crippen molar-refractivity contribution in [1.82, 2.24) is 9.97 Å². The molecule has 0 radical (unpaired) electrons. The zero-order chi connectivity index (χ0) is 10.7. The molecule has 2 heterocycles. The maximum absolute atomic E-state index is 12.9. The minimum atomic E-state index is -0.488. The highest BCUT2D eigenvalue weighted by Gasteiger charge is 2.16. The molecule has 1 fully saturated rings. The van der Waals surface area contributed by atoms with Crippen molar-refractivity contribution in [3.8, 4) is 0 Å². The zero-order valence-corrected chi connectivity index (χ0v) is 8.69. The lowest BCUT2D eigenvalue weighted by molar-refractivity contribution is 0.0820. The quantitative estimate of drug-likeness (QED) is 0.655. The molecule has 2 rings (SSSR count). The van der Waals surface area contributed by atoms with Crippen molar-refractivity contribution in [3.05, 3.63) is 18.3 Å². The number of halogens is 1. The summed E-state index contributed by atoms with van der Waals surface area (Å²) in [6.07, 6.45) is 2.35. The number of hydrogen-bond acceptors (Lipinski definition) is 4. The van der Waals surface area contributed by atoms with Gasteiger partial charge < -0.3 is 9.64 Å². The van der Waals surface area contributed by atoms with E-state index in [1.807, 2.05) is 11.8 Å². The molecule has 15 heavy (non-hydrogen) atoms. The first kappa shape index (κ1) is 10.3. The molecule has 0 amide bonds. The summed E-state index contributed by atoms with van der Waals surface area (Å²) in [6, 6.07) is 1.36. The van der Waals surface area contributed by atoms with E-state index in [1.54, 1.807) is 0 Å². The van der Waals surface area contributed by atoms with E-state index in [-0.39, 0.29) is 6.10 Å². The summed E-state index contributed by atoms with van der Waals surface area (Å²) in [5, 5.41) is 0. The average molecular weight is 211 g/mol. The van der Waals surface area contributed by atoms with Gasteiger partial charge in [0.25, 0.3) is 0 Å². The third-order valence-corrected chi connectivity index (χ3v) is 2.40. The summed E-state index contributed by atoms with van der Waals surface area (Å²) < 4.78 is 18.4. The van der Waals surface area contributed by atoms with Crippen LogP contribution in [-0.2, 0) is 4.74 Å². The minimum Gasteiger partial charge on any atom is -0.377 e. The molecule has 0 aliphatic carbocycles. The van der Waals surface area contributed by atoms with Crippen LogP contribution in [-0.4, -0.2) is 35.8 Å². The first-order valence-electron chi connectivity index (χ1n) is 5.10. The molecule has 0 N–H and O–H groups in total. The minimum absolute atomic E-state index is 0.158. The van der Waals surface area contributed by atoms with Crippen molar-refractivity contribution in [1.29, 1.82) is 0 Å². The van der Waals surface area contributed by atoms with Crippen LogP contribution < -0.4 is 4.90 Å². The van der Waals surface area contributed by atoms with Crippen LogP contribution in [0.3, 0.4) is 0 Å². The van der Waals surface area contributed by atoms with E-state index < -0.39 is 5.95 Å². The van der Waals surface area contributed by atoms with E-state index in [9.17, 15) is 4.39 Å². The van der Waals surface area contributed by atoms with E-state index in [0.717, 1.165) is 26.1 Å². The fraction of sp³-hybridized carbons (Fsp3) is 0.600. The van der Waals surface area contributed by atoms with Gasteiger partial charge in [0.1, 0.15) is 12.1 Å². The van der Waals surface area contributed by atoms with E-state index in [4.69, 9.17) is 4.74 Å². The molecule has 1 aliphatic rings. The third-order valence-electron chi connectivity index (χ3n) is 2.40. The molecule has 1 saturated heterocycles. The molecule has 5 heteroatoms. The SMILES string of the molecule is CC1CN(c2cc(F)ncn2)CCCO1. The summed E-state index contributed by atoms with van der Waals surface area (Å²) in [5.74, 6) is 0.151. The summed E-state index contributed by atoms with van der Waals surface area (Å²) in [6.45, 7) is 4.36. The van der Waals surface area contributed by atoms with E-state index in [0.29, 0.717) is 5.82 Å². The van der Waals surface area contributed by atoms with Crippen LogP contribution in [0.5, 0.6) is 0 Å². The average Bonchev–Trinajstić information content (AvgIpc) is 2.43. The normalized spacial score (nSPS) is 22.5. The van der Waals surface area contributed by atoms with Gasteiger partial charge in [-0.3, -0.25) is 0 Å². The standard InChI is InChI=1S/C10H14FN3O/c1-8-6-14(3-2-4-15-8)10-5-9(11)12-7-13-10/h5,7-8H,2-4,6H2,1H3. The molecule has 1 aromatic rings. The van der Waals surface area contributed by atoms with Crippen molar-refractivity contribution in [2.75, 3.05) is 24.6 Å². The van der Waals surface area contributed by atoms with Crippen LogP contribution in [0.25, 0.3) is 0 Å². The Labute approximate surface area is 88.1 Å². The maximum atomic E-state index is 12.9. The summed E-state index contributed by atoms with van der Waals surface area (Å²) in [5.41, 5.74) is 0. The first-order valence-corrected chi connectivity index (χ1v) is 5.10. The largest absolute Gasteiger partial charge is 0.377 e. The fourth-order valence-electron chi connectivity index (χ4n) is 1.70. The van der Waals surface area contributed by atoms with E-state index >= 15 is 0 Å². The number of ether oxygens (including phenoxy) is 1. The van der Waals surface area contributed by atoms with Crippen molar-refractivity contribution < 1.29 is 9.13 Å². The smallest absolute Gasteiger partial charge is 0.218 e. The van der Waals surface area contributed by atoms with Gasteiger partial charge in [0.05, 0.1) is 6.10 Å². The monoisotopic (exact) mass is 211 g/mol. The Balaban J connectivity index is 2.14. The lowest BCUT2D eigenvalue weighted by Crippen LogP contribution is -2.30. The number of anilines is 1. The molecule has 0 bridgehead atoms. The second kappa shape index (κ2) is 4.53. The number of rotatable bonds is 1. The van der Waals surface area contributed by atoms with Gasteiger partial charge in [-0.05, 0) is 13.3 Å². The predicted octanol–water partition coefficient (Wildman–Crippen LogP) is 1.23. The second-order valence-electron chi connectivity index (χ2n) is 3.68. The van der Waals surface area contributed by atoms with Gasteiger partial charge in [0, 0.05) is 25.8 Å².